The summed E-state index contributed by atoms with van der Waals surface area (Å²) in [6.45, 7) is 1.83. The van der Waals surface area contributed by atoms with Gasteiger partial charge >= 0.3 is 0 Å². The zero-order valence-corrected chi connectivity index (χ0v) is 15.6. The summed E-state index contributed by atoms with van der Waals surface area (Å²) in [5.74, 6) is 0.0332. The molecule has 0 aliphatic heterocycles. The smallest absolute Gasteiger partial charge is 0.277 e. The van der Waals surface area contributed by atoms with E-state index in [1.807, 2.05) is 30.5 Å². The fourth-order valence-electron chi connectivity index (χ4n) is 2.10. The van der Waals surface area contributed by atoms with E-state index in [4.69, 9.17) is 9.15 Å². The first-order valence-electron chi connectivity index (χ1n) is 7.56. The normalized spacial score (nSPS) is 11.7. The van der Waals surface area contributed by atoms with Crippen LogP contribution in [0.25, 0.3) is 11.5 Å². The van der Waals surface area contributed by atoms with Crippen molar-refractivity contribution >= 4 is 28.9 Å². The van der Waals surface area contributed by atoms with Crippen molar-refractivity contribution in [1.29, 1.82) is 5.26 Å². The number of ketones is 1. The number of Topliss-reactive ketones (excluding diaryl/α,β-unsaturated/α-hetero) is 1. The van der Waals surface area contributed by atoms with Gasteiger partial charge in [0.1, 0.15) is 10.8 Å². The Kier molecular flexibility index (Phi) is 5.65. The highest BCUT2D eigenvalue weighted by atomic mass is 32.2. The summed E-state index contributed by atoms with van der Waals surface area (Å²) < 4.78 is 10.7. The molecule has 2 aromatic heterocycles. The lowest BCUT2D eigenvalue weighted by atomic mass is 10.1. The monoisotopic (exact) mass is 386 g/mol. The van der Waals surface area contributed by atoms with Crippen LogP contribution in [0.5, 0.6) is 5.75 Å². The maximum Gasteiger partial charge on any atom is 0.277 e. The van der Waals surface area contributed by atoms with Gasteiger partial charge in [-0.1, -0.05) is 11.8 Å². The first-order valence-corrected chi connectivity index (χ1v) is 9.42. The van der Waals surface area contributed by atoms with Crippen LogP contribution in [0.2, 0.25) is 0 Å². The van der Waals surface area contributed by atoms with E-state index in [1.165, 1.54) is 11.3 Å². The highest BCUT2D eigenvalue weighted by Crippen LogP contribution is 2.27. The molecule has 0 spiro atoms. The number of ether oxygens (including phenoxy) is 1. The quantitative estimate of drug-likeness (QED) is 0.569. The van der Waals surface area contributed by atoms with Crippen molar-refractivity contribution in [2.45, 2.75) is 18.1 Å². The predicted octanol–water partition coefficient (Wildman–Crippen LogP) is 3.48. The molecular weight excluding hydrogens is 372 g/mol. The number of nitrogens with zero attached hydrogens (tertiary/aromatic N) is 4. The minimum atomic E-state index is -0.870. The highest BCUT2D eigenvalue weighted by molar-refractivity contribution is 7.99. The number of thiazole rings is 1. The standard InChI is InChI=1S/C17H14N4O3S2/c1-10-8-25-16(19-10)13(7-18)14(22)9-26-17-21-20-15(24-17)11-3-5-12(23-2)6-4-11/h3-6,8,13H,9H2,1-2H3/t13-/m0/s1. The molecule has 0 radical (unpaired) electrons. The second-order valence-corrected chi connectivity index (χ2v) is 7.06. The Labute approximate surface area is 158 Å². The molecule has 0 saturated heterocycles. The molecule has 0 amide bonds. The number of benzene rings is 1. The van der Waals surface area contributed by atoms with Crippen LogP contribution in [0, 0.1) is 18.3 Å². The molecule has 132 valence electrons. The second kappa shape index (κ2) is 8.12. The SMILES string of the molecule is COc1ccc(-c2nnc(SCC(=O)[C@H](C#N)c3nc(C)cs3)o2)cc1. The summed E-state index contributed by atoms with van der Waals surface area (Å²) in [5, 5.41) is 19.8. The summed E-state index contributed by atoms with van der Waals surface area (Å²) in [7, 11) is 1.59. The van der Waals surface area contributed by atoms with Crippen LogP contribution < -0.4 is 4.74 Å². The van der Waals surface area contributed by atoms with Gasteiger partial charge in [0, 0.05) is 16.6 Å². The molecule has 0 unspecified atom stereocenters. The number of carbonyl (C=O) groups excluding carboxylic acids is 1. The van der Waals surface area contributed by atoms with Crippen LogP contribution in [-0.2, 0) is 4.79 Å². The fraction of sp³-hybridized carbons (Fsp3) is 0.235. The Morgan fingerprint density at radius 3 is 2.77 bits per heavy atom. The number of aromatic nitrogens is 3. The Bertz CT molecular complexity index is 944. The zero-order chi connectivity index (χ0) is 18.5. The summed E-state index contributed by atoms with van der Waals surface area (Å²) >= 11 is 2.42. The molecule has 3 aromatic rings. The molecule has 0 aliphatic carbocycles. The Hall–Kier alpha value is -2.70. The predicted molar refractivity (Wildman–Crippen MR) is 97.2 cm³/mol. The van der Waals surface area contributed by atoms with E-state index >= 15 is 0 Å². The third-order valence-corrected chi connectivity index (χ3v) is 5.28. The Morgan fingerprint density at radius 1 is 1.38 bits per heavy atom. The van der Waals surface area contributed by atoms with E-state index in [0.717, 1.165) is 28.8 Å². The highest BCUT2D eigenvalue weighted by Gasteiger charge is 2.24. The van der Waals surface area contributed by atoms with Crippen molar-refractivity contribution in [3.05, 3.63) is 40.3 Å². The Balaban J connectivity index is 1.63. The van der Waals surface area contributed by atoms with E-state index in [0.29, 0.717) is 10.9 Å². The molecule has 0 aliphatic rings. The Morgan fingerprint density at radius 2 is 2.15 bits per heavy atom. The van der Waals surface area contributed by atoms with Crippen LogP contribution in [0.4, 0.5) is 0 Å². The molecule has 2 heterocycles. The molecule has 9 heteroatoms. The molecule has 0 N–H and O–H groups in total. The first-order chi connectivity index (χ1) is 12.6. The van der Waals surface area contributed by atoms with Crippen LogP contribution in [-0.4, -0.2) is 33.8 Å². The van der Waals surface area contributed by atoms with E-state index in [-0.39, 0.29) is 16.8 Å². The van der Waals surface area contributed by atoms with Gasteiger partial charge in [0.25, 0.3) is 5.22 Å². The van der Waals surface area contributed by atoms with Crippen LogP contribution >= 0.6 is 23.1 Å². The maximum absolute atomic E-state index is 12.3. The summed E-state index contributed by atoms with van der Waals surface area (Å²) in [5.41, 5.74) is 1.55. The number of thioether (sulfide) groups is 1. The third kappa shape index (κ3) is 4.09. The number of methoxy groups -OCH3 is 1. The molecule has 0 bridgehead atoms. The topological polar surface area (TPSA) is 102 Å². The summed E-state index contributed by atoms with van der Waals surface area (Å²) in [6.07, 6.45) is 0. The van der Waals surface area contributed by atoms with E-state index in [9.17, 15) is 10.1 Å². The average molecular weight is 386 g/mol. The van der Waals surface area contributed by atoms with Crippen LogP contribution in [0.3, 0.4) is 0 Å². The van der Waals surface area contributed by atoms with Gasteiger partial charge in [-0.3, -0.25) is 4.79 Å². The van der Waals surface area contributed by atoms with Gasteiger partial charge in [0.05, 0.1) is 18.9 Å². The number of hydrogen-bond acceptors (Lipinski definition) is 9. The summed E-state index contributed by atoms with van der Waals surface area (Å²) in [6, 6.07) is 9.22. The molecule has 26 heavy (non-hydrogen) atoms. The van der Waals surface area contributed by atoms with Crippen molar-refractivity contribution in [3.63, 3.8) is 0 Å². The lowest BCUT2D eigenvalue weighted by molar-refractivity contribution is -0.116. The lowest BCUT2D eigenvalue weighted by Gasteiger charge is -2.03. The van der Waals surface area contributed by atoms with Gasteiger partial charge in [0.2, 0.25) is 5.89 Å². The van der Waals surface area contributed by atoms with Crippen molar-refractivity contribution in [2.75, 3.05) is 12.9 Å². The van der Waals surface area contributed by atoms with E-state index < -0.39 is 5.92 Å². The van der Waals surface area contributed by atoms with Gasteiger partial charge in [-0.15, -0.1) is 21.5 Å². The molecule has 0 saturated carbocycles. The molecule has 7 nitrogen and oxygen atoms in total. The lowest BCUT2D eigenvalue weighted by Crippen LogP contribution is -2.13. The van der Waals surface area contributed by atoms with Crippen molar-refractivity contribution in [3.8, 4) is 23.3 Å². The molecule has 1 atom stereocenters. The first kappa shape index (κ1) is 18.1. The van der Waals surface area contributed by atoms with E-state index in [2.05, 4.69) is 15.2 Å². The van der Waals surface area contributed by atoms with Gasteiger partial charge < -0.3 is 9.15 Å². The minimum absolute atomic E-state index is 0.0566. The van der Waals surface area contributed by atoms with Gasteiger partial charge in [-0.2, -0.15) is 5.26 Å². The average Bonchev–Trinajstić information content (AvgIpc) is 3.30. The fourth-order valence-corrected chi connectivity index (χ4v) is 3.63. The van der Waals surface area contributed by atoms with Crippen LogP contribution in [0.15, 0.2) is 39.3 Å². The number of rotatable bonds is 7. The van der Waals surface area contributed by atoms with Crippen molar-refractivity contribution in [1.82, 2.24) is 15.2 Å². The number of nitriles is 1. The van der Waals surface area contributed by atoms with E-state index in [1.54, 1.807) is 19.2 Å². The maximum atomic E-state index is 12.3. The second-order valence-electron chi connectivity index (χ2n) is 5.25. The van der Waals surface area contributed by atoms with Crippen molar-refractivity contribution < 1.29 is 13.9 Å². The van der Waals surface area contributed by atoms with Crippen molar-refractivity contribution in [2.24, 2.45) is 0 Å². The minimum Gasteiger partial charge on any atom is -0.497 e. The van der Waals surface area contributed by atoms with Crippen LogP contribution in [0.1, 0.15) is 16.6 Å². The number of aryl methyl sites for hydroxylation is 1. The summed E-state index contributed by atoms with van der Waals surface area (Å²) in [4.78, 5) is 16.5. The molecular formula is C17H14N4O3S2. The number of hydrogen-bond donors (Lipinski definition) is 0. The molecule has 0 fully saturated rings. The largest absolute Gasteiger partial charge is 0.497 e. The zero-order valence-electron chi connectivity index (χ0n) is 14.0. The van der Waals surface area contributed by atoms with Gasteiger partial charge in [-0.05, 0) is 31.2 Å². The third-order valence-electron chi connectivity index (χ3n) is 3.42. The molecule has 1 aromatic carbocycles. The van der Waals surface area contributed by atoms with Gasteiger partial charge in [-0.25, -0.2) is 4.98 Å². The van der Waals surface area contributed by atoms with Gasteiger partial charge in [0.15, 0.2) is 11.7 Å². The number of carbonyl (C=O) groups is 1. The molecule has 3 rings (SSSR count).